The van der Waals surface area contributed by atoms with E-state index in [0.29, 0.717) is 4.75 Å². The Kier molecular flexibility index (Phi) is 1.83. The van der Waals surface area contributed by atoms with E-state index in [1.165, 1.54) is 32.1 Å². The summed E-state index contributed by atoms with van der Waals surface area (Å²) in [6.45, 7) is 0. The van der Waals surface area contributed by atoms with Crippen molar-refractivity contribution in [1.29, 1.82) is 0 Å². The second-order valence-corrected chi connectivity index (χ2v) is 4.82. The zero-order valence-electron chi connectivity index (χ0n) is 6.56. The lowest BCUT2D eigenvalue weighted by molar-refractivity contribution is -0.119. The lowest BCUT2D eigenvalue weighted by Crippen LogP contribution is -2.25. The maximum atomic E-state index is 11.0. The third kappa shape index (κ3) is 1.39. The van der Waals surface area contributed by atoms with Gasteiger partial charge in [-0.2, -0.15) is 0 Å². The van der Waals surface area contributed by atoms with Crippen LogP contribution in [0.4, 0.5) is 0 Å². The molecule has 2 fully saturated rings. The van der Waals surface area contributed by atoms with Crippen LogP contribution in [0.25, 0.3) is 0 Å². The molecule has 0 bridgehead atoms. The van der Waals surface area contributed by atoms with Crippen molar-refractivity contribution in [2.75, 3.05) is 0 Å². The topological polar surface area (TPSA) is 29.1 Å². The Labute approximate surface area is 71.3 Å². The van der Waals surface area contributed by atoms with Crippen molar-refractivity contribution in [1.82, 2.24) is 4.72 Å². The molecule has 11 heavy (non-hydrogen) atoms. The molecule has 1 saturated heterocycles. The van der Waals surface area contributed by atoms with Crippen molar-refractivity contribution in [3.63, 3.8) is 0 Å². The minimum atomic E-state index is 0.233. The van der Waals surface area contributed by atoms with Crippen LogP contribution in [0.15, 0.2) is 0 Å². The summed E-state index contributed by atoms with van der Waals surface area (Å²) in [5, 5.41) is 0. The van der Waals surface area contributed by atoms with E-state index < -0.39 is 0 Å². The summed E-state index contributed by atoms with van der Waals surface area (Å²) in [5.74, 6) is 0.233. The van der Waals surface area contributed by atoms with Gasteiger partial charge in [-0.3, -0.25) is 9.52 Å². The van der Waals surface area contributed by atoms with Crippen LogP contribution in [0, 0.1) is 0 Å². The highest BCUT2D eigenvalue weighted by molar-refractivity contribution is 7.99. The van der Waals surface area contributed by atoms with Crippen molar-refractivity contribution < 1.29 is 4.79 Å². The Hall–Kier alpha value is -0.180. The Morgan fingerprint density at radius 2 is 2.00 bits per heavy atom. The number of rotatable bonds is 0. The van der Waals surface area contributed by atoms with Gasteiger partial charge in [0.15, 0.2) is 0 Å². The molecular formula is C8H13NOS. The summed E-state index contributed by atoms with van der Waals surface area (Å²) < 4.78 is 3.16. The predicted molar refractivity (Wildman–Crippen MR) is 46.2 cm³/mol. The van der Waals surface area contributed by atoms with Gasteiger partial charge < -0.3 is 0 Å². The van der Waals surface area contributed by atoms with Gasteiger partial charge in [0.2, 0.25) is 5.91 Å². The normalized spacial score (nSPS) is 28.9. The molecule has 0 aromatic heterocycles. The minimum absolute atomic E-state index is 0.233. The van der Waals surface area contributed by atoms with E-state index in [4.69, 9.17) is 0 Å². The van der Waals surface area contributed by atoms with Gasteiger partial charge >= 0.3 is 0 Å². The number of carbonyl (C=O) groups excluding carboxylic acids is 1. The van der Waals surface area contributed by atoms with Gasteiger partial charge in [-0.1, -0.05) is 19.3 Å². The monoisotopic (exact) mass is 171 g/mol. The van der Waals surface area contributed by atoms with E-state index >= 15 is 0 Å². The largest absolute Gasteiger partial charge is 0.300 e. The summed E-state index contributed by atoms with van der Waals surface area (Å²) in [7, 11) is 0. The quantitative estimate of drug-likeness (QED) is 0.564. The number of carbonyl (C=O) groups is 1. The van der Waals surface area contributed by atoms with Gasteiger partial charge in [0, 0.05) is 11.2 Å². The fraction of sp³-hybridized carbons (Fsp3) is 0.875. The summed E-state index contributed by atoms with van der Waals surface area (Å²) in [5.41, 5.74) is 0. The lowest BCUT2D eigenvalue weighted by Gasteiger charge is -2.29. The van der Waals surface area contributed by atoms with Crippen LogP contribution in [0.2, 0.25) is 0 Å². The van der Waals surface area contributed by atoms with E-state index in [1.54, 1.807) is 11.9 Å². The molecule has 2 aliphatic rings. The van der Waals surface area contributed by atoms with Crippen LogP contribution < -0.4 is 4.72 Å². The Morgan fingerprint density at radius 1 is 1.27 bits per heavy atom. The van der Waals surface area contributed by atoms with Crippen molar-refractivity contribution in [3.05, 3.63) is 0 Å². The molecule has 0 radical (unpaired) electrons. The molecule has 62 valence electrons. The Morgan fingerprint density at radius 3 is 2.55 bits per heavy atom. The Bertz CT molecular complexity index is 175. The molecule has 1 N–H and O–H groups in total. The number of hydrogen-bond acceptors (Lipinski definition) is 2. The number of hydrogen-bond donors (Lipinski definition) is 1. The number of nitrogens with one attached hydrogen (secondary N) is 1. The maximum absolute atomic E-state index is 11.0. The molecule has 1 aliphatic heterocycles. The van der Waals surface area contributed by atoms with Crippen LogP contribution >= 0.6 is 11.9 Å². The standard InChI is InChI=1S/C8H13NOS/c10-7-6-8(11-9-7)4-2-1-3-5-8/h1-6H2,(H,9,10). The summed E-state index contributed by atoms with van der Waals surface area (Å²) in [4.78, 5) is 11.0. The maximum Gasteiger partial charge on any atom is 0.231 e. The fourth-order valence-corrected chi connectivity index (χ4v) is 3.10. The van der Waals surface area contributed by atoms with Crippen molar-refractivity contribution >= 4 is 17.9 Å². The molecule has 0 aromatic carbocycles. The molecule has 0 aromatic rings. The van der Waals surface area contributed by atoms with E-state index in [9.17, 15) is 4.79 Å². The second-order valence-electron chi connectivity index (χ2n) is 3.55. The highest BCUT2D eigenvalue weighted by Crippen LogP contribution is 2.44. The molecular weight excluding hydrogens is 158 g/mol. The third-order valence-corrected chi connectivity index (χ3v) is 3.94. The molecule has 0 unspecified atom stereocenters. The summed E-state index contributed by atoms with van der Waals surface area (Å²) >= 11 is 1.67. The van der Waals surface area contributed by atoms with Crippen LogP contribution in [0.1, 0.15) is 38.5 Å². The second kappa shape index (κ2) is 2.70. The molecule has 1 aliphatic carbocycles. The SMILES string of the molecule is O=C1CC2(CCCCC2)SN1. The van der Waals surface area contributed by atoms with E-state index in [-0.39, 0.29) is 5.91 Å². The molecule has 3 heteroatoms. The molecule has 1 amide bonds. The van der Waals surface area contributed by atoms with Crippen molar-refractivity contribution in [2.45, 2.75) is 43.3 Å². The smallest absolute Gasteiger partial charge is 0.231 e. The van der Waals surface area contributed by atoms with Crippen LogP contribution in [-0.4, -0.2) is 10.7 Å². The van der Waals surface area contributed by atoms with Gasteiger partial charge in [0.1, 0.15) is 0 Å². The van der Waals surface area contributed by atoms with Gasteiger partial charge in [-0.15, -0.1) is 0 Å². The van der Waals surface area contributed by atoms with Gasteiger partial charge in [0.05, 0.1) is 0 Å². The fourth-order valence-electron chi connectivity index (χ4n) is 2.00. The van der Waals surface area contributed by atoms with Gasteiger partial charge in [0.25, 0.3) is 0 Å². The van der Waals surface area contributed by atoms with Crippen molar-refractivity contribution in [2.24, 2.45) is 0 Å². The van der Waals surface area contributed by atoms with Crippen LogP contribution in [0.5, 0.6) is 0 Å². The molecule has 0 atom stereocenters. The zero-order valence-corrected chi connectivity index (χ0v) is 7.38. The molecule has 2 nitrogen and oxygen atoms in total. The molecule has 1 saturated carbocycles. The van der Waals surface area contributed by atoms with E-state index in [0.717, 1.165) is 6.42 Å². The Balaban J connectivity index is 2.03. The first kappa shape index (κ1) is 7.47. The summed E-state index contributed by atoms with van der Waals surface area (Å²) in [6.07, 6.45) is 7.20. The first-order chi connectivity index (χ1) is 5.31. The first-order valence-electron chi connectivity index (χ1n) is 4.28. The highest BCUT2D eigenvalue weighted by atomic mass is 32.2. The predicted octanol–water partition coefficient (Wildman–Crippen LogP) is 1.86. The minimum Gasteiger partial charge on any atom is -0.300 e. The summed E-state index contributed by atoms with van der Waals surface area (Å²) in [6, 6.07) is 0. The number of amides is 1. The van der Waals surface area contributed by atoms with Crippen LogP contribution in [0.3, 0.4) is 0 Å². The van der Waals surface area contributed by atoms with Gasteiger partial charge in [-0.05, 0) is 24.8 Å². The average Bonchev–Trinajstić information content (AvgIpc) is 2.34. The van der Waals surface area contributed by atoms with Crippen molar-refractivity contribution in [3.8, 4) is 0 Å². The molecule has 1 heterocycles. The molecule has 1 spiro atoms. The highest BCUT2D eigenvalue weighted by Gasteiger charge is 2.40. The molecule has 2 rings (SSSR count). The lowest BCUT2D eigenvalue weighted by atomic mass is 9.86. The van der Waals surface area contributed by atoms with Crippen LogP contribution in [-0.2, 0) is 4.79 Å². The van der Waals surface area contributed by atoms with E-state index in [2.05, 4.69) is 4.72 Å². The van der Waals surface area contributed by atoms with E-state index in [1.807, 2.05) is 0 Å². The first-order valence-corrected chi connectivity index (χ1v) is 5.09. The zero-order chi connectivity index (χ0) is 7.73. The average molecular weight is 171 g/mol. The van der Waals surface area contributed by atoms with Gasteiger partial charge in [-0.25, -0.2) is 0 Å². The third-order valence-electron chi connectivity index (χ3n) is 2.63.